The molecule has 20 heavy (non-hydrogen) atoms. The highest BCUT2D eigenvalue weighted by Crippen LogP contribution is 2.27. The molecule has 0 bridgehead atoms. The average molecular weight is 320 g/mol. The molecule has 1 unspecified atom stereocenters. The van der Waals surface area contributed by atoms with Gasteiger partial charge in [-0.25, -0.2) is 0 Å². The lowest BCUT2D eigenvalue weighted by atomic mass is 9.96. The summed E-state index contributed by atoms with van der Waals surface area (Å²) < 4.78 is 5.78. The fourth-order valence-corrected chi connectivity index (χ4v) is 2.57. The van der Waals surface area contributed by atoms with Crippen LogP contribution in [-0.4, -0.2) is 30.4 Å². The van der Waals surface area contributed by atoms with Gasteiger partial charge in [0.2, 0.25) is 0 Å². The zero-order chi connectivity index (χ0) is 13.9. The van der Waals surface area contributed by atoms with Gasteiger partial charge in [-0.15, -0.1) is 12.4 Å². The molecule has 5 heteroatoms. The van der Waals surface area contributed by atoms with E-state index in [2.05, 4.69) is 5.32 Å². The Bertz CT molecular complexity index is 420. The van der Waals surface area contributed by atoms with E-state index < -0.39 is 5.60 Å². The molecular formula is C15H23Cl2NO2. The molecule has 0 saturated carbocycles. The van der Waals surface area contributed by atoms with Gasteiger partial charge >= 0.3 is 0 Å². The van der Waals surface area contributed by atoms with Crippen LogP contribution in [0.2, 0.25) is 5.02 Å². The Balaban J connectivity index is 0.00000200. The van der Waals surface area contributed by atoms with Crippen LogP contribution in [0.5, 0.6) is 5.75 Å². The Kier molecular flexibility index (Phi) is 6.59. The molecule has 2 rings (SSSR count). The van der Waals surface area contributed by atoms with E-state index in [1.165, 1.54) is 0 Å². The predicted octanol–water partition coefficient (Wildman–Crippen LogP) is 3.26. The smallest absolute Gasteiger partial charge is 0.120 e. The molecular weight excluding hydrogens is 297 g/mol. The maximum absolute atomic E-state index is 10.5. The third-order valence-electron chi connectivity index (χ3n) is 3.68. The van der Waals surface area contributed by atoms with Gasteiger partial charge in [0.1, 0.15) is 12.4 Å². The van der Waals surface area contributed by atoms with Gasteiger partial charge in [-0.05, 0) is 69.5 Å². The first-order valence-electron chi connectivity index (χ1n) is 6.83. The molecule has 114 valence electrons. The summed E-state index contributed by atoms with van der Waals surface area (Å²) in [5.74, 6) is 0.782. The van der Waals surface area contributed by atoms with Crippen molar-refractivity contribution in [3.05, 3.63) is 28.3 Å². The van der Waals surface area contributed by atoms with Gasteiger partial charge < -0.3 is 15.2 Å². The van der Waals surface area contributed by atoms with Crippen LogP contribution in [-0.2, 0) is 0 Å². The minimum absolute atomic E-state index is 0. The molecule has 0 aromatic heterocycles. The summed E-state index contributed by atoms with van der Waals surface area (Å²) in [7, 11) is 0. The maximum atomic E-state index is 10.5. The normalized spacial score (nSPS) is 22.8. The Morgan fingerprint density at radius 3 is 2.55 bits per heavy atom. The second-order valence-corrected chi connectivity index (χ2v) is 5.87. The van der Waals surface area contributed by atoms with E-state index in [4.69, 9.17) is 16.3 Å². The number of ether oxygens (including phenoxy) is 1. The number of benzene rings is 1. The van der Waals surface area contributed by atoms with Crippen LogP contribution in [0.4, 0.5) is 0 Å². The van der Waals surface area contributed by atoms with Crippen molar-refractivity contribution in [1.29, 1.82) is 0 Å². The molecule has 0 radical (unpaired) electrons. The topological polar surface area (TPSA) is 41.5 Å². The van der Waals surface area contributed by atoms with Crippen LogP contribution in [0.15, 0.2) is 12.1 Å². The molecule has 1 aliphatic rings. The van der Waals surface area contributed by atoms with Crippen molar-refractivity contribution in [1.82, 2.24) is 5.32 Å². The highest BCUT2D eigenvalue weighted by Gasteiger charge is 2.28. The number of hydrogen-bond acceptors (Lipinski definition) is 3. The van der Waals surface area contributed by atoms with Crippen LogP contribution < -0.4 is 10.1 Å². The first kappa shape index (κ1) is 17.6. The monoisotopic (exact) mass is 319 g/mol. The molecule has 0 aliphatic carbocycles. The van der Waals surface area contributed by atoms with Gasteiger partial charge in [-0.2, -0.15) is 0 Å². The molecule has 1 aliphatic heterocycles. The average Bonchev–Trinajstić information content (AvgIpc) is 2.59. The van der Waals surface area contributed by atoms with Crippen molar-refractivity contribution in [2.75, 3.05) is 19.7 Å². The molecule has 1 aromatic carbocycles. The minimum Gasteiger partial charge on any atom is -0.491 e. The zero-order valence-electron chi connectivity index (χ0n) is 12.0. The molecule has 1 fully saturated rings. The molecule has 1 saturated heterocycles. The lowest BCUT2D eigenvalue weighted by Crippen LogP contribution is -2.36. The Hall–Kier alpha value is -0.480. The van der Waals surface area contributed by atoms with Crippen molar-refractivity contribution in [3.63, 3.8) is 0 Å². The number of halogens is 2. The molecule has 1 atom stereocenters. The third kappa shape index (κ3) is 4.52. The highest BCUT2D eigenvalue weighted by molar-refractivity contribution is 6.32. The van der Waals surface area contributed by atoms with Crippen LogP contribution in [0.1, 0.15) is 30.4 Å². The van der Waals surface area contributed by atoms with Crippen LogP contribution in [0, 0.1) is 13.8 Å². The maximum Gasteiger partial charge on any atom is 0.120 e. The minimum atomic E-state index is -0.717. The van der Waals surface area contributed by atoms with Gasteiger partial charge in [-0.1, -0.05) is 11.6 Å². The lowest BCUT2D eigenvalue weighted by Gasteiger charge is -2.26. The van der Waals surface area contributed by atoms with E-state index >= 15 is 0 Å². The molecule has 1 aromatic rings. The van der Waals surface area contributed by atoms with Crippen LogP contribution in [0.25, 0.3) is 0 Å². The molecule has 0 amide bonds. The van der Waals surface area contributed by atoms with Gasteiger partial charge in [0.05, 0.1) is 5.60 Å². The van der Waals surface area contributed by atoms with E-state index in [1.807, 2.05) is 26.0 Å². The Morgan fingerprint density at radius 2 is 1.90 bits per heavy atom. The molecule has 3 nitrogen and oxygen atoms in total. The number of aryl methyl sites for hydroxylation is 2. The largest absolute Gasteiger partial charge is 0.491 e. The second-order valence-electron chi connectivity index (χ2n) is 5.49. The van der Waals surface area contributed by atoms with E-state index in [0.717, 1.165) is 54.3 Å². The third-order valence-corrected chi connectivity index (χ3v) is 4.28. The van der Waals surface area contributed by atoms with Gasteiger partial charge in [0, 0.05) is 5.02 Å². The number of nitrogens with one attached hydrogen (secondary N) is 1. The SMILES string of the molecule is Cc1cc(OCC2(O)CCCNCC2)cc(C)c1Cl.Cl. The molecule has 2 N–H and O–H groups in total. The lowest BCUT2D eigenvalue weighted by molar-refractivity contribution is -0.0147. The van der Waals surface area contributed by atoms with Crippen molar-refractivity contribution in [3.8, 4) is 5.75 Å². The van der Waals surface area contributed by atoms with E-state index in [9.17, 15) is 5.11 Å². The fourth-order valence-electron chi connectivity index (χ4n) is 2.47. The predicted molar refractivity (Wildman–Crippen MR) is 85.3 cm³/mol. The number of rotatable bonds is 3. The van der Waals surface area contributed by atoms with Crippen LogP contribution >= 0.6 is 24.0 Å². The van der Waals surface area contributed by atoms with Crippen molar-refractivity contribution < 1.29 is 9.84 Å². The Morgan fingerprint density at radius 1 is 1.25 bits per heavy atom. The van der Waals surface area contributed by atoms with Gasteiger partial charge in [0.15, 0.2) is 0 Å². The van der Waals surface area contributed by atoms with Crippen LogP contribution in [0.3, 0.4) is 0 Å². The summed E-state index contributed by atoms with van der Waals surface area (Å²) >= 11 is 6.13. The van der Waals surface area contributed by atoms with Gasteiger partial charge in [-0.3, -0.25) is 0 Å². The number of hydrogen-bond donors (Lipinski definition) is 2. The first-order valence-corrected chi connectivity index (χ1v) is 7.21. The standard InChI is InChI=1S/C15H22ClNO2.ClH/c1-11-8-13(9-12(2)14(11)16)19-10-15(18)4-3-6-17-7-5-15;/h8-9,17-18H,3-7,10H2,1-2H3;1H. The summed E-state index contributed by atoms with van der Waals surface area (Å²) in [6.45, 7) is 6.09. The zero-order valence-corrected chi connectivity index (χ0v) is 13.6. The number of aliphatic hydroxyl groups is 1. The van der Waals surface area contributed by atoms with E-state index in [0.29, 0.717) is 6.61 Å². The fraction of sp³-hybridized carbons (Fsp3) is 0.600. The Labute approximate surface area is 132 Å². The van der Waals surface area contributed by atoms with Crippen molar-refractivity contribution in [2.45, 2.75) is 38.7 Å². The van der Waals surface area contributed by atoms with Gasteiger partial charge in [0.25, 0.3) is 0 Å². The molecule has 0 spiro atoms. The van der Waals surface area contributed by atoms with E-state index in [1.54, 1.807) is 0 Å². The van der Waals surface area contributed by atoms with E-state index in [-0.39, 0.29) is 12.4 Å². The van der Waals surface area contributed by atoms with Crippen molar-refractivity contribution in [2.24, 2.45) is 0 Å². The summed E-state index contributed by atoms with van der Waals surface area (Å²) in [6, 6.07) is 3.85. The quantitative estimate of drug-likeness (QED) is 0.898. The summed E-state index contributed by atoms with van der Waals surface area (Å²) in [5, 5.41) is 14.6. The summed E-state index contributed by atoms with van der Waals surface area (Å²) in [4.78, 5) is 0. The molecule has 1 heterocycles. The first-order chi connectivity index (χ1) is 9.00. The second kappa shape index (κ2) is 7.51. The van der Waals surface area contributed by atoms with Crippen molar-refractivity contribution >= 4 is 24.0 Å². The summed E-state index contributed by atoms with van der Waals surface area (Å²) in [5.41, 5.74) is 1.29. The summed E-state index contributed by atoms with van der Waals surface area (Å²) in [6.07, 6.45) is 2.50. The highest BCUT2D eigenvalue weighted by atomic mass is 35.5.